The van der Waals surface area contributed by atoms with E-state index in [2.05, 4.69) is 46.0 Å². The lowest BCUT2D eigenvalue weighted by atomic mass is 10.2. The molecule has 1 aromatic carbocycles. The van der Waals surface area contributed by atoms with Crippen molar-refractivity contribution in [3.05, 3.63) is 42.2 Å². The molecule has 3 N–H and O–H groups in total. The number of rotatable bonds is 11. The maximum Gasteiger partial charge on any atom is 0.246 e. The Kier molecular flexibility index (Phi) is 7.71. The molecule has 0 aliphatic heterocycles. The number of methoxy groups -OCH3 is 1. The topological polar surface area (TPSA) is 109 Å². The molecule has 10 heteroatoms. The van der Waals surface area contributed by atoms with Gasteiger partial charge in [0.2, 0.25) is 11.8 Å². The SMILES string of the molecule is COc1nc(N)nc2c1ncn2CCOCP(NC(C)C)OCc1ccccc1. The first-order chi connectivity index (χ1) is 14.1. The molecule has 0 amide bonds. The van der Waals surface area contributed by atoms with Crippen LogP contribution in [0.5, 0.6) is 5.88 Å². The summed E-state index contributed by atoms with van der Waals surface area (Å²) < 4.78 is 19.0. The van der Waals surface area contributed by atoms with E-state index in [0.29, 0.717) is 49.2 Å². The van der Waals surface area contributed by atoms with Gasteiger partial charge in [-0.2, -0.15) is 9.97 Å². The number of nitrogen functional groups attached to an aromatic ring is 1. The van der Waals surface area contributed by atoms with Crippen LogP contribution in [0.1, 0.15) is 19.4 Å². The summed E-state index contributed by atoms with van der Waals surface area (Å²) in [5.74, 6) is 0.516. The number of fused-ring (bicyclic) bond motifs is 1. The first-order valence-corrected chi connectivity index (χ1v) is 10.8. The van der Waals surface area contributed by atoms with Crippen molar-refractivity contribution in [2.45, 2.75) is 33.0 Å². The van der Waals surface area contributed by atoms with Crippen molar-refractivity contribution in [1.82, 2.24) is 24.6 Å². The second kappa shape index (κ2) is 10.5. The Morgan fingerprint density at radius 3 is 2.72 bits per heavy atom. The molecule has 9 nitrogen and oxygen atoms in total. The highest BCUT2D eigenvalue weighted by Gasteiger charge is 2.14. The summed E-state index contributed by atoms with van der Waals surface area (Å²) in [6, 6.07) is 10.4. The van der Waals surface area contributed by atoms with E-state index in [1.54, 1.807) is 6.33 Å². The minimum absolute atomic E-state index is 0.149. The number of aromatic nitrogens is 4. The van der Waals surface area contributed by atoms with Gasteiger partial charge in [0, 0.05) is 12.6 Å². The third kappa shape index (κ3) is 6.08. The zero-order valence-electron chi connectivity index (χ0n) is 16.9. The number of imidazole rings is 1. The van der Waals surface area contributed by atoms with Gasteiger partial charge in [-0.05, 0) is 19.4 Å². The molecule has 2 heterocycles. The van der Waals surface area contributed by atoms with Crippen LogP contribution < -0.4 is 15.6 Å². The summed E-state index contributed by atoms with van der Waals surface area (Å²) in [7, 11) is 0.627. The molecule has 0 saturated carbocycles. The molecular formula is C19H27N6O3P. The van der Waals surface area contributed by atoms with Gasteiger partial charge < -0.3 is 24.3 Å². The molecule has 2 aromatic heterocycles. The van der Waals surface area contributed by atoms with Gasteiger partial charge in [-0.1, -0.05) is 30.3 Å². The van der Waals surface area contributed by atoms with Crippen LogP contribution in [0.15, 0.2) is 36.7 Å². The Labute approximate surface area is 171 Å². The Morgan fingerprint density at radius 1 is 1.21 bits per heavy atom. The normalized spacial score (nSPS) is 12.6. The maximum atomic E-state index is 6.05. The first-order valence-electron chi connectivity index (χ1n) is 9.37. The highest BCUT2D eigenvalue weighted by atomic mass is 31.2. The van der Waals surface area contributed by atoms with E-state index in [0.717, 1.165) is 5.56 Å². The summed E-state index contributed by atoms with van der Waals surface area (Å²) in [6.07, 6.45) is 2.18. The lowest BCUT2D eigenvalue weighted by Gasteiger charge is -2.21. The molecule has 0 aliphatic rings. The lowest BCUT2D eigenvalue weighted by Crippen LogP contribution is -2.20. The molecule has 3 aromatic rings. The van der Waals surface area contributed by atoms with Gasteiger partial charge in [0.1, 0.15) is 14.6 Å². The molecule has 3 rings (SSSR count). The standard InChI is InChI=1S/C19H27N6O3P/c1-14(2)24-29(28-11-15-7-5-4-6-8-15)13-27-10-9-25-12-21-16-17(25)22-19(20)23-18(16)26-3/h4-8,12,14,24H,9-11,13H2,1-3H3,(H2,20,22,23). The predicted molar refractivity (Wildman–Crippen MR) is 114 cm³/mol. The van der Waals surface area contributed by atoms with E-state index in [1.165, 1.54) is 7.11 Å². The van der Waals surface area contributed by atoms with Gasteiger partial charge in [0.15, 0.2) is 11.2 Å². The number of hydrogen-bond donors (Lipinski definition) is 2. The van der Waals surface area contributed by atoms with Crippen molar-refractivity contribution in [3.8, 4) is 5.88 Å². The van der Waals surface area contributed by atoms with Crippen LogP contribution in [0.2, 0.25) is 0 Å². The lowest BCUT2D eigenvalue weighted by molar-refractivity contribution is 0.159. The molecule has 0 bridgehead atoms. The summed E-state index contributed by atoms with van der Waals surface area (Å²) in [6.45, 7) is 5.81. The number of nitrogens with two attached hydrogens (primary N) is 1. The molecule has 0 radical (unpaired) electrons. The van der Waals surface area contributed by atoms with Crippen LogP contribution >= 0.6 is 8.30 Å². The molecule has 0 saturated heterocycles. The van der Waals surface area contributed by atoms with Crippen LogP contribution in [0, 0.1) is 0 Å². The largest absolute Gasteiger partial charge is 0.479 e. The second-order valence-corrected chi connectivity index (χ2v) is 8.19. The second-order valence-electron chi connectivity index (χ2n) is 6.66. The number of nitrogens with zero attached hydrogens (tertiary/aromatic N) is 4. The molecular weight excluding hydrogens is 391 g/mol. The maximum absolute atomic E-state index is 6.05. The monoisotopic (exact) mass is 418 g/mol. The molecule has 1 unspecified atom stereocenters. The summed E-state index contributed by atoms with van der Waals surface area (Å²) >= 11 is 0. The van der Waals surface area contributed by atoms with Crippen LogP contribution in [0.25, 0.3) is 11.2 Å². The van der Waals surface area contributed by atoms with Gasteiger partial charge in [-0.15, -0.1) is 0 Å². The van der Waals surface area contributed by atoms with Crippen molar-refractivity contribution >= 4 is 25.4 Å². The quantitative estimate of drug-likeness (QED) is 0.361. The number of anilines is 1. The van der Waals surface area contributed by atoms with Crippen molar-refractivity contribution in [1.29, 1.82) is 0 Å². The first kappa shape index (κ1) is 21.4. The van der Waals surface area contributed by atoms with E-state index >= 15 is 0 Å². The highest BCUT2D eigenvalue weighted by molar-refractivity contribution is 7.50. The third-order valence-electron chi connectivity index (χ3n) is 3.96. The smallest absolute Gasteiger partial charge is 0.246 e. The Balaban J connectivity index is 1.53. The van der Waals surface area contributed by atoms with Gasteiger partial charge in [0.25, 0.3) is 0 Å². The van der Waals surface area contributed by atoms with E-state index in [-0.39, 0.29) is 5.95 Å². The van der Waals surface area contributed by atoms with Crippen LogP contribution in [0.4, 0.5) is 5.95 Å². The van der Waals surface area contributed by atoms with Crippen molar-refractivity contribution in [2.75, 3.05) is 25.8 Å². The minimum atomic E-state index is -0.903. The van der Waals surface area contributed by atoms with Crippen LogP contribution in [-0.4, -0.2) is 45.6 Å². The zero-order chi connectivity index (χ0) is 20.6. The van der Waals surface area contributed by atoms with Crippen LogP contribution in [0.3, 0.4) is 0 Å². The summed E-state index contributed by atoms with van der Waals surface area (Å²) in [4.78, 5) is 12.6. The van der Waals surface area contributed by atoms with E-state index in [4.69, 9.17) is 19.7 Å². The van der Waals surface area contributed by atoms with E-state index < -0.39 is 8.30 Å². The number of ether oxygens (including phenoxy) is 2. The van der Waals surface area contributed by atoms with Crippen molar-refractivity contribution in [2.24, 2.45) is 0 Å². The van der Waals surface area contributed by atoms with E-state index in [9.17, 15) is 0 Å². The molecule has 1 atom stereocenters. The van der Waals surface area contributed by atoms with Gasteiger partial charge in [-0.3, -0.25) is 5.09 Å². The number of benzene rings is 1. The fourth-order valence-electron chi connectivity index (χ4n) is 2.68. The predicted octanol–water partition coefficient (Wildman–Crippen LogP) is 2.92. The fourth-order valence-corrected chi connectivity index (χ4v) is 4.08. The Morgan fingerprint density at radius 2 is 2.00 bits per heavy atom. The molecule has 0 fully saturated rings. The van der Waals surface area contributed by atoms with Crippen molar-refractivity contribution in [3.63, 3.8) is 0 Å². The average Bonchev–Trinajstić information content (AvgIpc) is 3.11. The van der Waals surface area contributed by atoms with Crippen molar-refractivity contribution < 1.29 is 14.0 Å². The van der Waals surface area contributed by atoms with Gasteiger partial charge in [0.05, 0.1) is 26.7 Å². The molecule has 156 valence electrons. The Hall–Kier alpha value is -2.32. The summed E-state index contributed by atoms with van der Waals surface area (Å²) in [5, 5.41) is 3.44. The van der Waals surface area contributed by atoms with E-state index in [1.807, 2.05) is 22.8 Å². The summed E-state index contributed by atoms with van der Waals surface area (Å²) in [5.41, 5.74) is 8.10. The number of hydrogen-bond acceptors (Lipinski definition) is 8. The Bertz CT molecular complexity index is 906. The molecule has 29 heavy (non-hydrogen) atoms. The number of nitrogens with one attached hydrogen (secondary N) is 1. The van der Waals surface area contributed by atoms with Crippen LogP contribution in [-0.2, 0) is 22.4 Å². The van der Waals surface area contributed by atoms with Gasteiger partial charge >= 0.3 is 0 Å². The minimum Gasteiger partial charge on any atom is -0.479 e. The average molecular weight is 418 g/mol. The van der Waals surface area contributed by atoms with Gasteiger partial charge in [-0.25, -0.2) is 4.98 Å². The third-order valence-corrected chi connectivity index (χ3v) is 5.62. The zero-order valence-corrected chi connectivity index (χ0v) is 17.8. The fraction of sp³-hybridized carbons (Fsp3) is 0.421. The molecule has 0 aliphatic carbocycles. The highest BCUT2D eigenvalue weighted by Crippen LogP contribution is 2.34. The molecule has 0 spiro atoms.